The van der Waals surface area contributed by atoms with Crippen molar-refractivity contribution in [2.75, 3.05) is 41.8 Å². The van der Waals surface area contributed by atoms with Gasteiger partial charge in [0.2, 0.25) is 5.91 Å². The van der Waals surface area contributed by atoms with E-state index < -0.39 is 0 Å². The Hall–Kier alpha value is -2.49. The fraction of sp³-hybridized carbons (Fsp3) is 0.350. The SMILES string of the molecule is CN(C(=O)CNc1ccccc1N1CCCCC1)c1ccccc1. The Kier molecular flexibility index (Phi) is 5.36. The number of nitrogens with zero attached hydrogens (tertiary/aromatic N) is 2. The maximum Gasteiger partial charge on any atom is 0.246 e. The number of likely N-dealkylation sites (N-methyl/N-ethyl adjacent to an activating group) is 1. The molecule has 24 heavy (non-hydrogen) atoms. The second-order valence-corrected chi connectivity index (χ2v) is 6.21. The van der Waals surface area contributed by atoms with Gasteiger partial charge in [-0.25, -0.2) is 0 Å². The van der Waals surface area contributed by atoms with Gasteiger partial charge in [-0.2, -0.15) is 0 Å². The number of carbonyl (C=O) groups excluding carboxylic acids is 1. The van der Waals surface area contributed by atoms with Gasteiger partial charge in [0.25, 0.3) is 0 Å². The number of para-hydroxylation sites is 3. The van der Waals surface area contributed by atoms with Gasteiger partial charge in [0, 0.05) is 25.8 Å². The summed E-state index contributed by atoms with van der Waals surface area (Å²) in [5, 5.41) is 3.33. The molecule has 4 nitrogen and oxygen atoms in total. The van der Waals surface area contributed by atoms with E-state index in [0.29, 0.717) is 0 Å². The summed E-state index contributed by atoms with van der Waals surface area (Å²) >= 11 is 0. The lowest BCUT2D eigenvalue weighted by atomic mass is 10.1. The molecule has 3 rings (SSSR count). The zero-order valence-electron chi connectivity index (χ0n) is 14.2. The molecule has 0 bridgehead atoms. The highest BCUT2D eigenvalue weighted by molar-refractivity contribution is 5.96. The van der Waals surface area contributed by atoms with E-state index in [9.17, 15) is 4.79 Å². The van der Waals surface area contributed by atoms with Crippen LogP contribution in [0.25, 0.3) is 0 Å². The molecule has 126 valence electrons. The average Bonchev–Trinajstić information content (AvgIpc) is 2.67. The third-order valence-corrected chi connectivity index (χ3v) is 4.55. The molecular weight excluding hydrogens is 298 g/mol. The van der Waals surface area contributed by atoms with E-state index in [-0.39, 0.29) is 12.5 Å². The number of amides is 1. The van der Waals surface area contributed by atoms with Crippen molar-refractivity contribution in [3.8, 4) is 0 Å². The minimum Gasteiger partial charge on any atom is -0.374 e. The summed E-state index contributed by atoms with van der Waals surface area (Å²) in [5.41, 5.74) is 3.15. The van der Waals surface area contributed by atoms with Crippen LogP contribution in [-0.2, 0) is 4.79 Å². The second-order valence-electron chi connectivity index (χ2n) is 6.21. The number of carbonyl (C=O) groups is 1. The molecule has 0 aliphatic carbocycles. The van der Waals surface area contributed by atoms with Crippen molar-refractivity contribution in [2.24, 2.45) is 0 Å². The van der Waals surface area contributed by atoms with Crippen LogP contribution in [0.3, 0.4) is 0 Å². The summed E-state index contributed by atoms with van der Waals surface area (Å²) in [6.45, 7) is 2.48. The number of nitrogens with one attached hydrogen (secondary N) is 1. The second kappa shape index (κ2) is 7.86. The Morgan fingerprint density at radius 1 is 1.00 bits per heavy atom. The highest BCUT2D eigenvalue weighted by Crippen LogP contribution is 2.28. The largest absolute Gasteiger partial charge is 0.374 e. The standard InChI is InChI=1S/C20H25N3O/c1-22(17-10-4-2-5-11-17)20(24)16-21-18-12-6-7-13-19(18)23-14-8-3-9-15-23/h2,4-7,10-13,21H,3,8-9,14-16H2,1H3. The van der Waals surface area contributed by atoms with Gasteiger partial charge in [0.05, 0.1) is 17.9 Å². The molecule has 1 saturated heterocycles. The fourth-order valence-electron chi connectivity index (χ4n) is 3.12. The van der Waals surface area contributed by atoms with Crippen molar-refractivity contribution in [3.05, 3.63) is 54.6 Å². The third-order valence-electron chi connectivity index (χ3n) is 4.55. The van der Waals surface area contributed by atoms with Gasteiger partial charge in [-0.1, -0.05) is 30.3 Å². The molecule has 1 fully saturated rings. The molecule has 2 aromatic rings. The molecule has 0 radical (unpaired) electrons. The molecule has 1 heterocycles. The molecule has 0 aromatic heterocycles. The Balaban J connectivity index is 1.65. The molecule has 0 unspecified atom stereocenters. The first kappa shape index (κ1) is 16.4. The number of rotatable bonds is 5. The Bertz CT molecular complexity index is 666. The van der Waals surface area contributed by atoms with Crippen LogP contribution in [0, 0.1) is 0 Å². The molecule has 4 heteroatoms. The van der Waals surface area contributed by atoms with Crippen molar-refractivity contribution in [2.45, 2.75) is 19.3 Å². The highest BCUT2D eigenvalue weighted by Gasteiger charge is 2.15. The predicted molar refractivity (Wildman–Crippen MR) is 101 cm³/mol. The van der Waals surface area contributed by atoms with Crippen molar-refractivity contribution in [1.29, 1.82) is 0 Å². The van der Waals surface area contributed by atoms with Gasteiger partial charge >= 0.3 is 0 Å². The maximum absolute atomic E-state index is 12.5. The van der Waals surface area contributed by atoms with Crippen LogP contribution in [0.1, 0.15) is 19.3 Å². The molecule has 0 atom stereocenters. The van der Waals surface area contributed by atoms with E-state index in [4.69, 9.17) is 0 Å². The van der Waals surface area contributed by atoms with Gasteiger partial charge in [-0.15, -0.1) is 0 Å². The van der Waals surface area contributed by atoms with Crippen LogP contribution in [-0.4, -0.2) is 32.6 Å². The molecular formula is C20H25N3O. The van der Waals surface area contributed by atoms with E-state index >= 15 is 0 Å². The summed E-state index contributed by atoms with van der Waals surface area (Å²) in [5.74, 6) is 0.0506. The van der Waals surface area contributed by atoms with Crippen molar-refractivity contribution in [1.82, 2.24) is 0 Å². The lowest BCUT2D eigenvalue weighted by molar-refractivity contribution is -0.116. The summed E-state index contributed by atoms with van der Waals surface area (Å²) in [7, 11) is 1.82. The summed E-state index contributed by atoms with van der Waals surface area (Å²) in [6, 6.07) is 18.0. The number of hydrogen-bond acceptors (Lipinski definition) is 3. The molecule has 1 aliphatic rings. The van der Waals surface area contributed by atoms with E-state index in [1.165, 1.54) is 24.9 Å². The van der Waals surface area contributed by atoms with E-state index in [2.05, 4.69) is 28.4 Å². The van der Waals surface area contributed by atoms with Crippen LogP contribution in [0.2, 0.25) is 0 Å². The van der Waals surface area contributed by atoms with Crippen molar-refractivity contribution < 1.29 is 4.79 Å². The fourth-order valence-corrected chi connectivity index (χ4v) is 3.12. The normalized spacial score (nSPS) is 14.3. The lowest BCUT2D eigenvalue weighted by Crippen LogP contribution is -2.33. The van der Waals surface area contributed by atoms with Crippen LogP contribution in [0.4, 0.5) is 17.1 Å². The molecule has 0 saturated carbocycles. The van der Waals surface area contributed by atoms with Crippen molar-refractivity contribution in [3.63, 3.8) is 0 Å². The summed E-state index contributed by atoms with van der Waals surface area (Å²) in [4.78, 5) is 16.6. The molecule has 1 aliphatic heterocycles. The number of hydrogen-bond donors (Lipinski definition) is 1. The highest BCUT2D eigenvalue weighted by atomic mass is 16.2. The molecule has 1 N–H and O–H groups in total. The maximum atomic E-state index is 12.5. The number of piperidine rings is 1. The van der Waals surface area contributed by atoms with Gasteiger partial charge in [0.15, 0.2) is 0 Å². The number of anilines is 3. The van der Waals surface area contributed by atoms with Crippen LogP contribution in [0.5, 0.6) is 0 Å². The minimum absolute atomic E-state index is 0.0506. The smallest absolute Gasteiger partial charge is 0.246 e. The Morgan fingerprint density at radius 2 is 1.67 bits per heavy atom. The first-order chi connectivity index (χ1) is 11.8. The predicted octanol–water partition coefficient (Wildman–Crippen LogP) is 3.75. The van der Waals surface area contributed by atoms with E-state index in [1.807, 2.05) is 43.4 Å². The molecule has 2 aromatic carbocycles. The zero-order chi connectivity index (χ0) is 16.8. The van der Waals surface area contributed by atoms with Gasteiger partial charge in [-0.3, -0.25) is 4.79 Å². The summed E-state index contributed by atoms with van der Waals surface area (Å²) < 4.78 is 0. The Labute approximate surface area is 144 Å². The monoisotopic (exact) mass is 323 g/mol. The van der Waals surface area contributed by atoms with Crippen LogP contribution in [0.15, 0.2) is 54.6 Å². The van der Waals surface area contributed by atoms with Crippen LogP contribution >= 0.6 is 0 Å². The Morgan fingerprint density at radius 3 is 2.42 bits per heavy atom. The van der Waals surface area contributed by atoms with E-state index in [0.717, 1.165) is 24.5 Å². The quantitative estimate of drug-likeness (QED) is 0.910. The molecule has 0 spiro atoms. The topological polar surface area (TPSA) is 35.6 Å². The number of benzene rings is 2. The lowest BCUT2D eigenvalue weighted by Gasteiger charge is -2.30. The average molecular weight is 323 g/mol. The third kappa shape index (κ3) is 3.88. The first-order valence-electron chi connectivity index (χ1n) is 8.65. The van der Waals surface area contributed by atoms with Gasteiger partial charge < -0.3 is 15.1 Å². The molecule has 1 amide bonds. The zero-order valence-corrected chi connectivity index (χ0v) is 14.2. The van der Waals surface area contributed by atoms with Gasteiger partial charge in [-0.05, 0) is 43.5 Å². The summed E-state index contributed by atoms with van der Waals surface area (Å²) in [6.07, 6.45) is 3.79. The van der Waals surface area contributed by atoms with E-state index in [1.54, 1.807) is 4.90 Å². The first-order valence-corrected chi connectivity index (χ1v) is 8.65. The van der Waals surface area contributed by atoms with Crippen LogP contribution < -0.4 is 15.1 Å². The van der Waals surface area contributed by atoms with Gasteiger partial charge in [0.1, 0.15) is 0 Å². The van der Waals surface area contributed by atoms with Crippen molar-refractivity contribution >= 4 is 23.0 Å². The minimum atomic E-state index is 0.0506.